The summed E-state index contributed by atoms with van der Waals surface area (Å²) in [6.07, 6.45) is 3.87. The second kappa shape index (κ2) is 8.40. The number of nitrogens with one attached hydrogen (secondary N) is 1. The normalized spacial score (nSPS) is 14.9. The predicted molar refractivity (Wildman–Crippen MR) is 84.0 cm³/mol. The van der Waals surface area contributed by atoms with Gasteiger partial charge in [0.15, 0.2) is 0 Å². The van der Waals surface area contributed by atoms with Crippen molar-refractivity contribution in [2.45, 2.75) is 38.8 Å². The van der Waals surface area contributed by atoms with Crippen molar-refractivity contribution in [1.29, 1.82) is 0 Å². The number of benzene rings is 1. The molecule has 1 fully saturated rings. The van der Waals surface area contributed by atoms with Crippen molar-refractivity contribution >= 4 is 0 Å². The molecule has 0 heterocycles. The largest absolute Gasteiger partial charge is 0.380 e. The molecular formula is C17H28N2O. The van der Waals surface area contributed by atoms with Crippen LogP contribution in [-0.2, 0) is 17.7 Å². The van der Waals surface area contributed by atoms with E-state index in [2.05, 4.69) is 41.5 Å². The topological polar surface area (TPSA) is 24.5 Å². The molecule has 0 unspecified atom stereocenters. The number of likely N-dealkylation sites (N-methyl/N-ethyl adjacent to an activating group) is 1. The molecular weight excluding hydrogens is 248 g/mol. The van der Waals surface area contributed by atoms with E-state index in [0.29, 0.717) is 0 Å². The standard InChI is InChI=1S/C17H28N2O/c1-3-20-13-12-19(2)14-16-6-4-15(5-7-16)10-11-18-17-8-9-17/h4-7,17-18H,3,8-14H2,1-2H3. The zero-order valence-electron chi connectivity index (χ0n) is 12.9. The first kappa shape index (κ1) is 15.5. The molecule has 1 aliphatic rings. The molecule has 0 aliphatic heterocycles. The van der Waals surface area contributed by atoms with Gasteiger partial charge in [0.25, 0.3) is 0 Å². The Morgan fingerprint density at radius 1 is 1.20 bits per heavy atom. The highest BCUT2D eigenvalue weighted by atomic mass is 16.5. The Bertz CT molecular complexity index is 373. The van der Waals surface area contributed by atoms with E-state index >= 15 is 0 Å². The number of ether oxygens (including phenoxy) is 1. The quantitative estimate of drug-likeness (QED) is 0.664. The summed E-state index contributed by atoms with van der Waals surface area (Å²) in [5, 5.41) is 3.56. The third kappa shape index (κ3) is 6.04. The van der Waals surface area contributed by atoms with Gasteiger partial charge < -0.3 is 10.1 Å². The zero-order valence-corrected chi connectivity index (χ0v) is 12.9. The van der Waals surface area contributed by atoms with Gasteiger partial charge in [0.05, 0.1) is 6.61 Å². The van der Waals surface area contributed by atoms with Crippen molar-refractivity contribution in [2.75, 3.05) is 33.4 Å². The molecule has 3 nitrogen and oxygen atoms in total. The molecule has 3 heteroatoms. The van der Waals surface area contributed by atoms with Crippen LogP contribution in [-0.4, -0.2) is 44.3 Å². The van der Waals surface area contributed by atoms with Crippen LogP contribution in [0.2, 0.25) is 0 Å². The van der Waals surface area contributed by atoms with Crippen molar-refractivity contribution in [3.05, 3.63) is 35.4 Å². The van der Waals surface area contributed by atoms with Crippen molar-refractivity contribution in [3.8, 4) is 0 Å². The first-order chi connectivity index (χ1) is 9.78. The summed E-state index contributed by atoms with van der Waals surface area (Å²) in [4.78, 5) is 2.30. The molecule has 0 bridgehead atoms. The molecule has 0 spiro atoms. The van der Waals surface area contributed by atoms with Gasteiger partial charge >= 0.3 is 0 Å². The molecule has 1 N–H and O–H groups in total. The Kier molecular flexibility index (Phi) is 6.51. The third-order valence-corrected chi connectivity index (χ3v) is 3.72. The molecule has 1 saturated carbocycles. The summed E-state index contributed by atoms with van der Waals surface area (Å²) in [5.74, 6) is 0. The average molecular weight is 276 g/mol. The molecule has 0 amide bonds. The van der Waals surface area contributed by atoms with Gasteiger partial charge in [0.2, 0.25) is 0 Å². The van der Waals surface area contributed by atoms with Crippen molar-refractivity contribution in [3.63, 3.8) is 0 Å². The molecule has 2 rings (SSSR count). The first-order valence-electron chi connectivity index (χ1n) is 7.85. The summed E-state index contributed by atoms with van der Waals surface area (Å²) >= 11 is 0. The van der Waals surface area contributed by atoms with Gasteiger partial charge in [-0.15, -0.1) is 0 Å². The van der Waals surface area contributed by atoms with Gasteiger partial charge in [0.1, 0.15) is 0 Å². The lowest BCUT2D eigenvalue weighted by Crippen LogP contribution is -2.22. The summed E-state index contributed by atoms with van der Waals surface area (Å²) in [6.45, 7) is 6.75. The van der Waals surface area contributed by atoms with E-state index in [9.17, 15) is 0 Å². The van der Waals surface area contributed by atoms with E-state index in [0.717, 1.165) is 45.3 Å². The van der Waals surface area contributed by atoms with E-state index in [1.807, 2.05) is 6.92 Å². The maximum atomic E-state index is 5.38. The maximum absolute atomic E-state index is 5.38. The van der Waals surface area contributed by atoms with Crippen molar-refractivity contribution in [1.82, 2.24) is 10.2 Å². The second-order valence-corrected chi connectivity index (χ2v) is 5.73. The van der Waals surface area contributed by atoms with Crippen LogP contribution in [0.1, 0.15) is 30.9 Å². The van der Waals surface area contributed by atoms with E-state index in [-0.39, 0.29) is 0 Å². The van der Waals surface area contributed by atoms with Crippen LogP contribution in [0.15, 0.2) is 24.3 Å². The van der Waals surface area contributed by atoms with Crippen molar-refractivity contribution in [2.24, 2.45) is 0 Å². The highest BCUT2D eigenvalue weighted by molar-refractivity contribution is 5.22. The van der Waals surface area contributed by atoms with Gasteiger partial charge in [-0.05, 0) is 50.9 Å². The fraction of sp³-hybridized carbons (Fsp3) is 0.647. The van der Waals surface area contributed by atoms with Gasteiger partial charge in [-0.2, -0.15) is 0 Å². The SMILES string of the molecule is CCOCCN(C)Cc1ccc(CCNC2CC2)cc1. The van der Waals surface area contributed by atoms with Gasteiger partial charge in [0, 0.05) is 25.7 Å². The van der Waals surface area contributed by atoms with Crippen LogP contribution in [0.4, 0.5) is 0 Å². The first-order valence-corrected chi connectivity index (χ1v) is 7.85. The Labute approximate surface area is 123 Å². The minimum atomic E-state index is 0.803. The highest BCUT2D eigenvalue weighted by Crippen LogP contribution is 2.18. The highest BCUT2D eigenvalue weighted by Gasteiger charge is 2.19. The van der Waals surface area contributed by atoms with E-state index in [4.69, 9.17) is 4.74 Å². The summed E-state index contributed by atoms with van der Waals surface area (Å²) in [6, 6.07) is 9.85. The van der Waals surface area contributed by atoms with Crippen molar-refractivity contribution < 1.29 is 4.74 Å². The third-order valence-electron chi connectivity index (χ3n) is 3.72. The molecule has 112 valence electrons. The maximum Gasteiger partial charge on any atom is 0.0593 e. The van der Waals surface area contributed by atoms with Gasteiger partial charge in [-0.25, -0.2) is 0 Å². The average Bonchev–Trinajstić information content (AvgIpc) is 3.25. The molecule has 1 aromatic carbocycles. The summed E-state index contributed by atoms with van der Waals surface area (Å²) in [5.41, 5.74) is 2.81. The molecule has 0 atom stereocenters. The fourth-order valence-corrected chi connectivity index (χ4v) is 2.27. The van der Waals surface area contributed by atoms with E-state index in [1.165, 1.54) is 24.0 Å². The summed E-state index contributed by atoms with van der Waals surface area (Å²) < 4.78 is 5.38. The van der Waals surface area contributed by atoms with Crippen LogP contribution in [0.3, 0.4) is 0 Å². The number of hydrogen-bond donors (Lipinski definition) is 1. The van der Waals surface area contributed by atoms with E-state index in [1.54, 1.807) is 0 Å². The Morgan fingerprint density at radius 2 is 1.90 bits per heavy atom. The lowest BCUT2D eigenvalue weighted by Gasteiger charge is -2.16. The zero-order chi connectivity index (χ0) is 14.2. The lowest BCUT2D eigenvalue weighted by molar-refractivity contribution is 0.120. The van der Waals surface area contributed by atoms with Crippen LogP contribution in [0, 0.1) is 0 Å². The smallest absolute Gasteiger partial charge is 0.0593 e. The molecule has 0 radical (unpaired) electrons. The molecule has 20 heavy (non-hydrogen) atoms. The van der Waals surface area contributed by atoms with Crippen LogP contribution in [0.5, 0.6) is 0 Å². The monoisotopic (exact) mass is 276 g/mol. The summed E-state index contributed by atoms with van der Waals surface area (Å²) in [7, 11) is 2.15. The van der Waals surface area contributed by atoms with E-state index < -0.39 is 0 Å². The van der Waals surface area contributed by atoms with Crippen LogP contribution in [0.25, 0.3) is 0 Å². The van der Waals surface area contributed by atoms with Crippen LogP contribution >= 0.6 is 0 Å². The molecule has 0 saturated heterocycles. The fourth-order valence-electron chi connectivity index (χ4n) is 2.27. The number of rotatable bonds is 10. The Morgan fingerprint density at radius 3 is 2.55 bits per heavy atom. The Hall–Kier alpha value is -0.900. The van der Waals surface area contributed by atoms with Gasteiger partial charge in [-0.3, -0.25) is 4.90 Å². The number of nitrogens with zero attached hydrogens (tertiary/aromatic N) is 1. The minimum absolute atomic E-state index is 0.803. The van der Waals surface area contributed by atoms with Gasteiger partial charge in [-0.1, -0.05) is 24.3 Å². The second-order valence-electron chi connectivity index (χ2n) is 5.73. The molecule has 0 aromatic heterocycles. The predicted octanol–water partition coefficient (Wildman–Crippen LogP) is 2.45. The molecule has 1 aromatic rings. The number of hydrogen-bond acceptors (Lipinski definition) is 3. The van der Waals surface area contributed by atoms with Crippen LogP contribution < -0.4 is 5.32 Å². The molecule has 1 aliphatic carbocycles. The Balaban J connectivity index is 1.66. The lowest BCUT2D eigenvalue weighted by atomic mass is 10.1. The minimum Gasteiger partial charge on any atom is -0.380 e.